The fourth-order valence-corrected chi connectivity index (χ4v) is 5.27. The summed E-state index contributed by atoms with van der Waals surface area (Å²) in [5.74, 6) is 0. The third-order valence-corrected chi connectivity index (χ3v) is 6.16. The predicted molar refractivity (Wildman–Crippen MR) is 68.4 cm³/mol. The fourth-order valence-electron chi connectivity index (χ4n) is 3.28. The van der Waals surface area contributed by atoms with Crippen molar-refractivity contribution in [2.24, 2.45) is 0 Å². The summed E-state index contributed by atoms with van der Waals surface area (Å²) >= 11 is 0. The highest BCUT2D eigenvalue weighted by Crippen LogP contribution is 2.47. The standard InChI is InChI=1S/C13H24O3S/c1-2-3-6-9-12-13(16-17(12,14)15)10-7-4-5-8-11-13/h12H,2-11H2,1H3. The van der Waals surface area contributed by atoms with E-state index in [0.29, 0.717) is 0 Å². The largest absolute Gasteiger partial charge is 0.273 e. The predicted octanol–water partition coefficient (Wildman–Crippen LogP) is 3.39. The van der Waals surface area contributed by atoms with Crippen molar-refractivity contribution in [2.45, 2.75) is 82.0 Å². The first-order valence-electron chi connectivity index (χ1n) is 7.05. The van der Waals surface area contributed by atoms with Crippen LogP contribution in [-0.2, 0) is 14.3 Å². The van der Waals surface area contributed by atoms with Crippen molar-refractivity contribution >= 4 is 10.1 Å². The summed E-state index contributed by atoms with van der Waals surface area (Å²) in [5, 5.41) is -0.209. The van der Waals surface area contributed by atoms with Gasteiger partial charge in [-0.2, -0.15) is 8.42 Å². The molecule has 0 bridgehead atoms. The summed E-state index contributed by atoms with van der Waals surface area (Å²) in [6.45, 7) is 2.15. The molecule has 1 unspecified atom stereocenters. The maximum absolute atomic E-state index is 11.8. The monoisotopic (exact) mass is 260 g/mol. The Hall–Kier alpha value is -0.0900. The average molecular weight is 260 g/mol. The molecule has 0 N–H and O–H groups in total. The van der Waals surface area contributed by atoms with Crippen molar-refractivity contribution in [1.29, 1.82) is 0 Å². The summed E-state index contributed by atoms with van der Waals surface area (Å²) in [7, 11) is -3.23. The lowest BCUT2D eigenvalue weighted by Crippen LogP contribution is -2.60. The first kappa shape index (κ1) is 13.3. The quantitative estimate of drug-likeness (QED) is 0.575. The molecule has 2 rings (SSSR count). The molecule has 0 amide bonds. The first-order valence-corrected chi connectivity index (χ1v) is 8.52. The van der Waals surface area contributed by atoms with Crippen LogP contribution in [0.3, 0.4) is 0 Å². The second kappa shape index (κ2) is 5.27. The molecule has 0 aromatic carbocycles. The molecule has 17 heavy (non-hydrogen) atoms. The van der Waals surface area contributed by atoms with E-state index in [1.54, 1.807) is 0 Å². The molecule has 1 aliphatic carbocycles. The highest BCUT2D eigenvalue weighted by Gasteiger charge is 2.58. The van der Waals surface area contributed by atoms with Gasteiger partial charge in [-0.15, -0.1) is 0 Å². The SMILES string of the molecule is CCCCCC1C2(CCCCCC2)OS1(=O)=O. The molecule has 2 fully saturated rings. The van der Waals surface area contributed by atoms with Gasteiger partial charge in [-0.25, -0.2) is 0 Å². The molecule has 0 aromatic heterocycles. The highest BCUT2D eigenvalue weighted by molar-refractivity contribution is 7.88. The Kier molecular flexibility index (Phi) is 4.14. The Morgan fingerprint density at radius 1 is 1.12 bits per heavy atom. The van der Waals surface area contributed by atoms with E-state index in [4.69, 9.17) is 4.18 Å². The number of rotatable bonds is 4. The molecule has 1 aliphatic heterocycles. The summed E-state index contributed by atoms with van der Waals surface area (Å²) in [6.07, 6.45) is 10.7. The van der Waals surface area contributed by atoms with Gasteiger partial charge in [-0.3, -0.25) is 4.18 Å². The molecule has 1 spiro atoms. The zero-order chi connectivity index (χ0) is 12.4. The average Bonchev–Trinajstić information content (AvgIpc) is 2.50. The molecule has 2 aliphatic rings. The Morgan fingerprint density at radius 2 is 1.76 bits per heavy atom. The van der Waals surface area contributed by atoms with E-state index in [2.05, 4.69) is 6.92 Å². The molecule has 100 valence electrons. The topological polar surface area (TPSA) is 43.4 Å². The van der Waals surface area contributed by atoms with Gasteiger partial charge in [0.15, 0.2) is 0 Å². The van der Waals surface area contributed by atoms with Crippen molar-refractivity contribution < 1.29 is 12.6 Å². The van der Waals surface area contributed by atoms with Gasteiger partial charge < -0.3 is 0 Å². The highest BCUT2D eigenvalue weighted by atomic mass is 32.2. The van der Waals surface area contributed by atoms with Gasteiger partial charge in [0, 0.05) is 0 Å². The van der Waals surface area contributed by atoms with Gasteiger partial charge in [-0.1, -0.05) is 51.9 Å². The maximum atomic E-state index is 11.8. The fraction of sp³-hybridized carbons (Fsp3) is 1.00. The van der Waals surface area contributed by atoms with Crippen LogP contribution >= 0.6 is 0 Å². The molecular weight excluding hydrogens is 236 g/mol. The van der Waals surface area contributed by atoms with E-state index >= 15 is 0 Å². The van der Waals surface area contributed by atoms with Gasteiger partial charge in [-0.05, 0) is 19.3 Å². The van der Waals surface area contributed by atoms with Crippen molar-refractivity contribution in [3.05, 3.63) is 0 Å². The van der Waals surface area contributed by atoms with Gasteiger partial charge >= 0.3 is 0 Å². The van der Waals surface area contributed by atoms with Crippen LogP contribution in [0.25, 0.3) is 0 Å². The minimum atomic E-state index is -3.23. The molecular formula is C13H24O3S. The van der Waals surface area contributed by atoms with Crippen LogP contribution in [-0.4, -0.2) is 19.3 Å². The molecule has 3 nitrogen and oxygen atoms in total. The minimum absolute atomic E-state index is 0.209. The van der Waals surface area contributed by atoms with Crippen LogP contribution in [0, 0.1) is 0 Å². The number of hydrogen-bond acceptors (Lipinski definition) is 3. The van der Waals surface area contributed by atoms with Gasteiger partial charge in [0.1, 0.15) is 10.9 Å². The van der Waals surface area contributed by atoms with E-state index in [-0.39, 0.29) is 10.9 Å². The minimum Gasteiger partial charge on any atom is -0.262 e. The third-order valence-electron chi connectivity index (χ3n) is 4.24. The molecule has 1 atom stereocenters. The summed E-state index contributed by atoms with van der Waals surface area (Å²) in [5.41, 5.74) is -0.303. The zero-order valence-corrected chi connectivity index (χ0v) is 11.6. The maximum Gasteiger partial charge on any atom is 0.273 e. The lowest BCUT2D eigenvalue weighted by Gasteiger charge is -2.47. The van der Waals surface area contributed by atoms with Gasteiger partial charge in [0.2, 0.25) is 0 Å². The second-order valence-corrected chi connectivity index (χ2v) is 7.26. The van der Waals surface area contributed by atoms with Crippen molar-refractivity contribution in [3.8, 4) is 0 Å². The molecule has 1 heterocycles. The molecule has 1 saturated heterocycles. The Balaban J connectivity index is 2.01. The summed E-state index contributed by atoms with van der Waals surface area (Å²) < 4.78 is 28.9. The van der Waals surface area contributed by atoms with Gasteiger partial charge in [0.05, 0.1) is 0 Å². The Labute approximate surface area is 105 Å². The van der Waals surface area contributed by atoms with E-state index in [1.165, 1.54) is 12.8 Å². The lowest BCUT2D eigenvalue weighted by atomic mass is 9.87. The van der Waals surface area contributed by atoms with E-state index < -0.39 is 10.1 Å². The van der Waals surface area contributed by atoms with Gasteiger partial charge in [0.25, 0.3) is 10.1 Å². The van der Waals surface area contributed by atoms with Crippen molar-refractivity contribution in [3.63, 3.8) is 0 Å². The first-order chi connectivity index (χ1) is 8.11. The molecule has 0 aromatic rings. The molecule has 4 heteroatoms. The van der Waals surface area contributed by atoms with Crippen LogP contribution in [0.2, 0.25) is 0 Å². The van der Waals surface area contributed by atoms with Crippen LogP contribution in [0.1, 0.15) is 71.1 Å². The lowest BCUT2D eigenvalue weighted by molar-refractivity contribution is -0.00148. The van der Waals surface area contributed by atoms with Crippen molar-refractivity contribution in [2.75, 3.05) is 0 Å². The molecule has 0 radical (unpaired) electrons. The van der Waals surface area contributed by atoms with E-state index in [1.807, 2.05) is 0 Å². The van der Waals surface area contributed by atoms with Crippen LogP contribution in [0.15, 0.2) is 0 Å². The van der Waals surface area contributed by atoms with Crippen LogP contribution in [0.5, 0.6) is 0 Å². The molecule has 1 saturated carbocycles. The third kappa shape index (κ3) is 2.68. The normalized spacial score (nSPS) is 30.8. The smallest absolute Gasteiger partial charge is 0.262 e. The van der Waals surface area contributed by atoms with Crippen LogP contribution in [0.4, 0.5) is 0 Å². The van der Waals surface area contributed by atoms with Crippen molar-refractivity contribution in [1.82, 2.24) is 0 Å². The van der Waals surface area contributed by atoms with E-state index in [9.17, 15) is 8.42 Å². The Bertz CT molecular complexity index is 340. The van der Waals surface area contributed by atoms with Crippen LogP contribution < -0.4 is 0 Å². The zero-order valence-electron chi connectivity index (χ0n) is 10.8. The summed E-state index contributed by atoms with van der Waals surface area (Å²) in [6, 6.07) is 0. The summed E-state index contributed by atoms with van der Waals surface area (Å²) in [4.78, 5) is 0. The number of unbranched alkanes of at least 4 members (excludes halogenated alkanes) is 2. The Morgan fingerprint density at radius 3 is 2.29 bits per heavy atom. The van der Waals surface area contributed by atoms with E-state index in [0.717, 1.165) is 51.4 Å². The number of hydrogen-bond donors (Lipinski definition) is 0. The second-order valence-electron chi connectivity index (χ2n) is 5.54.